The fourth-order valence-electron chi connectivity index (χ4n) is 0.936. The van der Waals surface area contributed by atoms with Crippen LogP contribution in [0.1, 0.15) is 10.4 Å². The third-order valence-electron chi connectivity index (χ3n) is 1.56. The highest BCUT2D eigenvalue weighted by Crippen LogP contribution is 2.14. The third-order valence-corrected chi connectivity index (χ3v) is 1.56. The molecule has 0 atom stereocenters. The van der Waals surface area contributed by atoms with Gasteiger partial charge in [0.05, 0.1) is 12.2 Å². The van der Waals surface area contributed by atoms with Crippen LogP contribution in [-0.4, -0.2) is 24.3 Å². The van der Waals surface area contributed by atoms with Gasteiger partial charge in [0.15, 0.2) is 0 Å². The molecule has 0 aliphatic heterocycles. The van der Waals surface area contributed by atoms with Crippen LogP contribution in [0.3, 0.4) is 0 Å². The number of rotatable bonds is 3. The molecule has 0 heterocycles. The number of anilines is 1. The Morgan fingerprint density at radius 1 is 1.57 bits per heavy atom. The molecule has 0 saturated heterocycles. The van der Waals surface area contributed by atoms with Gasteiger partial charge in [0.1, 0.15) is 12.4 Å². The Morgan fingerprint density at radius 2 is 2.29 bits per heavy atom. The molecule has 76 valence electrons. The number of carbonyl (C=O) groups excluding carboxylic acids is 1. The molecule has 0 amide bonds. The summed E-state index contributed by atoms with van der Waals surface area (Å²) >= 11 is 0. The van der Waals surface area contributed by atoms with Crippen LogP contribution >= 0.6 is 0 Å². The van der Waals surface area contributed by atoms with Gasteiger partial charge in [-0.1, -0.05) is 0 Å². The molecule has 1 aromatic carbocycles. The fourth-order valence-corrected chi connectivity index (χ4v) is 0.936. The van der Waals surface area contributed by atoms with Gasteiger partial charge in [-0.2, -0.15) is 0 Å². The zero-order valence-corrected chi connectivity index (χ0v) is 7.37. The maximum absolute atomic E-state index is 12.6. The van der Waals surface area contributed by atoms with Crippen LogP contribution in [0, 0.1) is 5.82 Å². The first-order valence-electron chi connectivity index (χ1n) is 3.98. The molecule has 0 aromatic heterocycles. The molecule has 5 heteroatoms. The predicted molar refractivity (Wildman–Crippen MR) is 48.2 cm³/mol. The van der Waals surface area contributed by atoms with Crippen LogP contribution < -0.4 is 5.73 Å². The molecule has 14 heavy (non-hydrogen) atoms. The predicted octanol–water partition coefficient (Wildman–Crippen LogP) is 0.557. The molecule has 0 radical (unpaired) electrons. The number of carbonyl (C=O) groups is 1. The zero-order valence-electron chi connectivity index (χ0n) is 7.37. The first kappa shape index (κ1) is 10.5. The highest BCUT2D eigenvalue weighted by molar-refractivity contribution is 5.94. The lowest BCUT2D eigenvalue weighted by Crippen LogP contribution is -2.11. The maximum Gasteiger partial charge on any atom is 0.340 e. The normalized spacial score (nSPS) is 9.86. The van der Waals surface area contributed by atoms with Crippen molar-refractivity contribution < 1.29 is 19.0 Å². The van der Waals surface area contributed by atoms with Crippen LogP contribution in [0.2, 0.25) is 0 Å². The van der Waals surface area contributed by atoms with E-state index in [2.05, 4.69) is 4.74 Å². The van der Waals surface area contributed by atoms with Crippen molar-refractivity contribution in [2.45, 2.75) is 0 Å². The molecule has 0 aliphatic rings. The minimum absolute atomic E-state index is 0.0212. The van der Waals surface area contributed by atoms with E-state index in [9.17, 15) is 9.18 Å². The minimum Gasteiger partial charge on any atom is -0.460 e. The summed E-state index contributed by atoms with van der Waals surface area (Å²) in [6.07, 6.45) is 0. The van der Waals surface area contributed by atoms with Gasteiger partial charge in [0.2, 0.25) is 0 Å². The Labute approximate surface area is 80.1 Å². The summed E-state index contributed by atoms with van der Waals surface area (Å²) in [5.41, 5.74) is 5.51. The molecule has 0 aliphatic carbocycles. The smallest absolute Gasteiger partial charge is 0.340 e. The van der Waals surface area contributed by atoms with Crippen molar-refractivity contribution in [3.63, 3.8) is 0 Å². The standard InChI is InChI=1S/C9H10FNO3/c10-6-1-2-7(8(11)5-6)9(13)14-4-3-12/h1-2,5,12H,3-4,11H2. The Hall–Kier alpha value is -1.62. The molecule has 0 spiro atoms. The van der Waals surface area contributed by atoms with Crippen LogP contribution in [-0.2, 0) is 4.74 Å². The average Bonchev–Trinajstić information content (AvgIpc) is 2.14. The van der Waals surface area contributed by atoms with E-state index in [0.717, 1.165) is 12.1 Å². The number of ether oxygens (including phenoxy) is 1. The van der Waals surface area contributed by atoms with Gasteiger partial charge < -0.3 is 15.6 Å². The Kier molecular flexibility index (Phi) is 3.41. The van der Waals surface area contributed by atoms with E-state index in [0.29, 0.717) is 0 Å². The number of hydrogen-bond acceptors (Lipinski definition) is 4. The van der Waals surface area contributed by atoms with Crippen molar-refractivity contribution >= 4 is 11.7 Å². The average molecular weight is 199 g/mol. The van der Waals surface area contributed by atoms with Crippen molar-refractivity contribution in [1.29, 1.82) is 0 Å². The summed E-state index contributed by atoms with van der Waals surface area (Å²) in [4.78, 5) is 11.2. The van der Waals surface area contributed by atoms with Gasteiger partial charge in [-0.05, 0) is 18.2 Å². The number of halogens is 1. The summed E-state index contributed by atoms with van der Waals surface area (Å²) in [5, 5.41) is 8.41. The molecule has 0 unspecified atom stereocenters. The molecule has 0 bridgehead atoms. The van der Waals surface area contributed by atoms with Crippen molar-refractivity contribution in [1.82, 2.24) is 0 Å². The van der Waals surface area contributed by atoms with Crippen LogP contribution in [0.15, 0.2) is 18.2 Å². The Morgan fingerprint density at radius 3 is 2.86 bits per heavy atom. The summed E-state index contributed by atoms with van der Waals surface area (Å²) < 4.78 is 17.2. The molecule has 0 fully saturated rings. The van der Waals surface area contributed by atoms with E-state index in [4.69, 9.17) is 10.8 Å². The van der Waals surface area contributed by atoms with Crippen LogP contribution in [0.25, 0.3) is 0 Å². The van der Waals surface area contributed by atoms with Gasteiger partial charge >= 0.3 is 5.97 Å². The summed E-state index contributed by atoms with van der Waals surface area (Å²) in [5.74, 6) is -1.18. The molecule has 4 nitrogen and oxygen atoms in total. The number of aliphatic hydroxyl groups is 1. The van der Waals surface area contributed by atoms with Crippen LogP contribution in [0.5, 0.6) is 0 Å². The molecule has 1 aromatic rings. The highest BCUT2D eigenvalue weighted by atomic mass is 19.1. The van der Waals surface area contributed by atoms with E-state index in [1.807, 2.05) is 0 Å². The molecule has 1 rings (SSSR count). The number of nitrogens with two attached hydrogens (primary N) is 1. The zero-order chi connectivity index (χ0) is 10.6. The van der Waals surface area contributed by atoms with Crippen molar-refractivity contribution in [2.75, 3.05) is 18.9 Å². The number of benzene rings is 1. The molecular weight excluding hydrogens is 189 g/mol. The number of hydrogen-bond donors (Lipinski definition) is 2. The SMILES string of the molecule is Nc1cc(F)ccc1C(=O)OCCO. The lowest BCUT2D eigenvalue weighted by Gasteiger charge is -2.05. The maximum atomic E-state index is 12.6. The second-order valence-electron chi connectivity index (χ2n) is 2.59. The Balaban J connectivity index is 2.80. The first-order chi connectivity index (χ1) is 6.65. The van der Waals surface area contributed by atoms with Gasteiger partial charge in [0.25, 0.3) is 0 Å². The van der Waals surface area contributed by atoms with E-state index < -0.39 is 11.8 Å². The second kappa shape index (κ2) is 4.57. The van der Waals surface area contributed by atoms with Gasteiger partial charge in [-0.15, -0.1) is 0 Å². The molecule has 0 saturated carbocycles. The highest BCUT2D eigenvalue weighted by Gasteiger charge is 2.10. The Bertz CT molecular complexity index is 341. The van der Waals surface area contributed by atoms with E-state index in [1.165, 1.54) is 6.07 Å². The van der Waals surface area contributed by atoms with E-state index in [1.54, 1.807) is 0 Å². The minimum atomic E-state index is -0.670. The van der Waals surface area contributed by atoms with E-state index >= 15 is 0 Å². The molecule has 3 N–H and O–H groups in total. The summed E-state index contributed by atoms with van der Waals surface area (Å²) in [6.45, 7) is -0.359. The van der Waals surface area contributed by atoms with Gasteiger partial charge in [-0.3, -0.25) is 0 Å². The van der Waals surface area contributed by atoms with Crippen molar-refractivity contribution in [2.24, 2.45) is 0 Å². The fraction of sp³-hybridized carbons (Fsp3) is 0.222. The molecular formula is C9H10FNO3. The summed E-state index contributed by atoms with van der Waals surface area (Å²) in [6, 6.07) is 3.39. The lowest BCUT2D eigenvalue weighted by molar-refractivity contribution is 0.0435. The lowest BCUT2D eigenvalue weighted by atomic mass is 10.2. The number of aliphatic hydroxyl groups excluding tert-OH is 1. The number of nitrogen functional groups attached to an aromatic ring is 1. The first-order valence-corrected chi connectivity index (χ1v) is 3.98. The third kappa shape index (κ3) is 2.43. The topological polar surface area (TPSA) is 72.6 Å². The quantitative estimate of drug-likeness (QED) is 0.551. The monoisotopic (exact) mass is 199 g/mol. The van der Waals surface area contributed by atoms with Gasteiger partial charge in [-0.25, -0.2) is 9.18 Å². The van der Waals surface area contributed by atoms with Crippen molar-refractivity contribution in [3.05, 3.63) is 29.6 Å². The largest absolute Gasteiger partial charge is 0.460 e. The van der Waals surface area contributed by atoms with Crippen molar-refractivity contribution in [3.8, 4) is 0 Å². The van der Waals surface area contributed by atoms with Crippen LogP contribution in [0.4, 0.5) is 10.1 Å². The second-order valence-corrected chi connectivity index (χ2v) is 2.59. The summed E-state index contributed by atoms with van der Waals surface area (Å²) in [7, 11) is 0. The number of esters is 1. The van der Waals surface area contributed by atoms with Gasteiger partial charge in [0, 0.05) is 5.69 Å². The van der Waals surface area contributed by atoms with E-state index in [-0.39, 0.29) is 24.5 Å².